The average molecular weight is 414 g/mol. The smallest absolute Gasteiger partial charge is 0.228 e. The van der Waals surface area contributed by atoms with Gasteiger partial charge in [-0.3, -0.25) is 4.79 Å². The van der Waals surface area contributed by atoms with Crippen LogP contribution in [0.15, 0.2) is 41.0 Å². The molecule has 2 aromatic rings. The summed E-state index contributed by atoms with van der Waals surface area (Å²) in [5.41, 5.74) is 7.10. The van der Waals surface area contributed by atoms with Crippen LogP contribution in [0.3, 0.4) is 0 Å². The second-order valence-electron chi connectivity index (χ2n) is 6.12. The molecule has 1 aliphatic carbocycles. The van der Waals surface area contributed by atoms with Crippen LogP contribution in [-0.4, -0.2) is 21.7 Å². The van der Waals surface area contributed by atoms with Crippen molar-refractivity contribution in [1.29, 1.82) is 0 Å². The molecular weight excluding hydrogens is 392 g/mol. The maximum atomic E-state index is 12.5. The summed E-state index contributed by atoms with van der Waals surface area (Å²) in [7, 11) is 0. The third-order valence-electron chi connectivity index (χ3n) is 4.27. The van der Waals surface area contributed by atoms with Gasteiger partial charge in [-0.2, -0.15) is 5.10 Å². The van der Waals surface area contributed by atoms with Crippen LogP contribution in [-0.2, 0) is 11.3 Å². The van der Waals surface area contributed by atoms with Crippen molar-refractivity contribution in [2.45, 2.75) is 38.3 Å². The highest BCUT2D eigenvalue weighted by atomic mass is 79.9. The number of halogens is 2. The summed E-state index contributed by atoms with van der Waals surface area (Å²) in [6.45, 7) is 0.617. The molecule has 0 spiro atoms. The van der Waals surface area contributed by atoms with Crippen molar-refractivity contribution in [3.05, 3.63) is 46.6 Å². The number of benzene rings is 1. The van der Waals surface area contributed by atoms with E-state index in [1.807, 2.05) is 35.0 Å². The topological polar surface area (TPSA) is 72.9 Å². The zero-order valence-corrected chi connectivity index (χ0v) is 15.7. The van der Waals surface area contributed by atoms with E-state index in [4.69, 9.17) is 5.73 Å². The van der Waals surface area contributed by atoms with Crippen LogP contribution in [0, 0.1) is 5.92 Å². The van der Waals surface area contributed by atoms with Gasteiger partial charge in [0.25, 0.3) is 0 Å². The number of carbonyl (C=O) groups is 1. The Morgan fingerprint density at radius 1 is 1.38 bits per heavy atom. The second kappa shape index (κ2) is 8.65. The Labute approximate surface area is 156 Å². The number of amides is 1. The van der Waals surface area contributed by atoms with E-state index in [2.05, 4.69) is 26.3 Å². The van der Waals surface area contributed by atoms with Gasteiger partial charge in [0.15, 0.2) is 0 Å². The number of nitrogens with two attached hydrogens (primary N) is 1. The Balaban J connectivity index is 0.00000208. The Hall–Kier alpha value is -1.37. The first kappa shape index (κ1) is 19.0. The molecular formula is C17H22BrClN4O. The molecule has 1 saturated carbocycles. The van der Waals surface area contributed by atoms with Crippen LogP contribution in [0.2, 0.25) is 0 Å². The molecule has 0 aliphatic heterocycles. The monoisotopic (exact) mass is 412 g/mol. The molecule has 0 radical (unpaired) electrons. The minimum absolute atomic E-state index is 0. The van der Waals surface area contributed by atoms with Gasteiger partial charge in [-0.15, -0.1) is 12.4 Å². The van der Waals surface area contributed by atoms with Crippen LogP contribution in [0.1, 0.15) is 31.2 Å². The molecule has 7 heteroatoms. The predicted molar refractivity (Wildman–Crippen MR) is 101 cm³/mol. The molecule has 130 valence electrons. The lowest BCUT2D eigenvalue weighted by Crippen LogP contribution is -2.34. The van der Waals surface area contributed by atoms with Crippen LogP contribution >= 0.6 is 28.3 Å². The number of aromatic nitrogens is 2. The summed E-state index contributed by atoms with van der Waals surface area (Å²) in [6.07, 6.45) is 5.44. The van der Waals surface area contributed by atoms with Gasteiger partial charge in [-0.1, -0.05) is 34.5 Å². The van der Waals surface area contributed by atoms with Gasteiger partial charge in [-0.25, -0.2) is 4.68 Å². The molecule has 2 unspecified atom stereocenters. The number of rotatable bonds is 4. The molecule has 0 bridgehead atoms. The molecule has 1 aromatic carbocycles. The van der Waals surface area contributed by atoms with Crippen molar-refractivity contribution in [3.63, 3.8) is 0 Å². The predicted octanol–water partition coefficient (Wildman–Crippen LogP) is 3.57. The van der Waals surface area contributed by atoms with Gasteiger partial charge in [0.05, 0.1) is 12.7 Å². The summed E-state index contributed by atoms with van der Waals surface area (Å²) >= 11 is 3.47. The summed E-state index contributed by atoms with van der Waals surface area (Å²) in [4.78, 5) is 12.5. The van der Waals surface area contributed by atoms with Crippen molar-refractivity contribution in [2.24, 2.45) is 11.7 Å². The largest absolute Gasteiger partial charge is 0.328 e. The van der Waals surface area contributed by atoms with E-state index in [-0.39, 0.29) is 30.3 Å². The van der Waals surface area contributed by atoms with Crippen molar-refractivity contribution in [2.75, 3.05) is 5.32 Å². The van der Waals surface area contributed by atoms with Crippen molar-refractivity contribution < 1.29 is 4.79 Å². The molecule has 1 aromatic heterocycles. The lowest BCUT2D eigenvalue weighted by atomic mass is 9.85. The first-order valence-corrected chi connectivity index (χ1v) is 8.74. The van der Waals surface area contributed by atoms with Gasteiger partial charge >= 0.3 is 0 Å². The van der Waals surface area contributed by atoms with Gasteiger partial charge in [-0.05, 0) is 37.0 Å². The van der Waals surface area contributed by atoms with E-state index in [1.165, 1.54) is 0 Å². The normalized spacial score (nSPS) is 20.2. The average Bonchev–Trinajstić information content (AvgIpc) is 2.94. The second-order valence-corrected chi connectivity index (χ2v) is 7.03. The summed E-state index contributed by atoms with van der Waals surface area (Å²) < 4.78 is 2.84. The van der Waals surface area contributed by atoms with E-state index in [0.717, 1.165) is 41.5 Å². The zero-order valence-electron chi connectivity index (χ0n) is 13.3. The van der Waals surface area contributed by atoms with Gasteiger partial charge in [0.2, 0.25) is 5.91 Å². The number of nitrogens with one attached hydrogen (secondary N) is 1. The molecule has 2 atom stereocenters. The van der Waals surface area contributed by atoms with E-state index in [1.54, 1.807) is 6.20 Å². The van der Waals surface area contributed by atoms with Gasteiger partial charge in [0, 0.05) is 22.5 Å². The van der Waals surface area contributed by atoms with Crippen LogP contribution in [0.25, 0.3) is 0 Å². The maximum absolute atomic E-state index is 12.5. The highest BCUT2D eigenvalue weighted by Gasteiger charge is 2.25. The fraction of sp³-hybridized carbons (Fsp3) is 0.412. The third-order valence-corrected chi connectivity index (χ3v) is 4.77. The molecule has 0 saturated heterocycles. The van der Waals surface area contributed by atoms with E-state index < -0.39 is 0 Å². The van der Waals surface area contributed by atoms with E-state index >= 15 is 0 Å². The van der Waals surface area contributed by atoms with Crippen LogP contribution in [0.4, 0.5) is 5.82 Å². The highest BCUT2D eigenvalue weighted by Crippen LogP contribution is 2.24. The molecule has 5 nitrogen and oxygen atoms in total. The molecule has 3 N–H and O–H groups in total. The third kappa shape index (κ3) is 4.82. The first-order chi connectivity index (χ1) is 11.1. The molecule has 1 amide bonds. The zero-order chi connectivity index (χ0) is 16.2. The summed E-state index contributed by atoms with van der Waals surface area (Å²) in [6, 6.07) is 10.0. The van der Waals surface area contributed by atoms with Crippen molar-refractivity contribution in [1.82, 2.24) is 9.78 Å². The molecule has 1 aliphatic rings. The highest BCUT2D eigenvalue weighted by molar-refractivity contribution is 9.10. The van der Waals surface area contributed by atoms with E-state index in [0.29, 0.717) is 6.54 Å². The SMILES string of the molecule is Cl.NC1CCCC(C(=O)Nc2ccnn2Cc2cccc(Br)c2)C1. The van der Waals surface area contributed by atoms with Gasteiger partial charge in [0.1, 0.15) is 5.82 Å². The maximum Gasteiger partial charge on any atom is 0.228 e. The van der Waals surface area contributed by atoms with Crippen LogP contribution in [0.5, 0.6) is 0 Å². The number of anilines is 1. The fourth-order valence-corrected chi connectivity index (χ4v) is 3.51. The molecule has 24 heavy (non-hydrogen) atoms. The number of hydrogen-bond acceptors (Lipinski definition) is 3. The Morgan fingerprint density at radius 2 is 2.21 bits per heavy atom. The lowest BCUT2D eigenvalue weighted by Gasteiger charge is -2.25. The quantitative estimate of drug-likeness (QED) is 0.805. The summed E-state index contributed by atoms with van der Waals surface area (Å²) in [5.74, 6) is 0.790. The summed E-state index contributed by atoms with van der Waals surface area (Å²) in [5, 5.41) is 7.33. The standard InChI is InChI=1S/C17H21BrN4O.ClH/c18-14-5-1-3-12(9-14)11-22-16(7-8-20-22)21-17(23)13-4-2-6-15(19)10-13;/h1,3,5,7-9,13,15H,2,4,6,10-11,19H2,(H,21,23);1H. The molecule has 1 fully saturated rings. The molecule has 3 rings (SSSR count). The molecule has 1 heterocycles. The Kier molecular flexibility index (Phi) is 6.83. The van der Waals surface area contributed by atoms with E-state index in [9.17, 15) is 4.79 Å². The first-order valence-electron chi connectivity index (χ1n) is 7.94. The minimum atomic E-state index is 0. The number of hydrogen-bond donors (Lipinski definition) is 2. The Morgan fingerprint density at radius 3 is 2.96 bits per heavy atom. The number of nitrogens with zero attached hydrogens (tertiary/aromatic N) is 2. The van der Waals surface area contributed by atoms with Crippen molar-refractivity contribution >= 4 is 40.1 Å². The lowest BCUT2D eigenvalue weighted by molar-refractivity contribution is -0.120. The minimum Gasteiger partial charge on any atom is -0.328 e. The fourth-order valence-electron chi connectivity index (χ4n) is 3.07. The van der Waals surface area contributed by atoms with Crippen molar-refractivity contribution in [3.8, 4) is 0 Å². The number of carbonyl (C=O) groups excluding carboxylic acids is 1. The Bertz CT molecular complexity index is 691. The van der Waals surface area contributed by atoms with Crippen LogP contribution < -0.4 is 11.1 Å². The van der Waals surface area contributed by atoms with Gasteiger partial charge < -0.3 is 11.1 Å².